The third-order valence-corrected chi connectivity index (χ3v) is 6.79. The van der Waals surface area contributed by atoms with Crippen LogP contribution >= 0.6 is 0 Å². The number of aromatic nitrogens is 1. The fourth-order valence-corrected chi connectivity index (χ4v) is 5.03. The Kier molecular flexibility index (Phi) is 7.07. The fourth-order valence-electron chi connectivity index (χ4n) is 5.03. The van der Waals surface area contributed by atoms with E-state index in [0.29, 0.717) is 41.7 Å². The molecule has 1 saturated carbocycles. The second kappa shape index (κ2) is 9.53. The Bertz CT molecular complexity index is 783. The van der Waals surface area contributed by atoms with E-state index in [0.717, 1.165) is 12.0 Å². The number of nitrogens with zero attached hydrogens (tertiary/aromatic N) is 1. The molecule has 3 rings (SSSR count). The number of aliphatic hydroxyl groups excluding tert-OH is 1. The number of fused-ring (bicyclic) bond motifs is 1. The fraction of sp³-hybridized carbons (Fsp3) is 0.520. The van der Waals surface area contributed by atoms with Crippen LogP contribution in [0.4, 0.5) is 0 Å². The molecule has 7 atom stereocenters. The predicted octanol–water partition coefficient (Wildman–Crippen LogP) is 4.29. The van der Waals surface area contributed by atoms with Gasteiger partial charge in [0.05, 0.1) is 6.10 Å². The lowest BCUT2D eigenvalue weighted by atomic mass is 9.58. The van der Waals surface area contributed by atoms with Crippen molar-refractivity contribution in [2.24, 2.45) is 35.5 Å². The van der Waals surface area contributed by atoms with Gasteiger partial charge in [-0.1, -0.05) is 57.2 Å². The molecule has 0 aromatic carbocycles. The van der Waals surface area contributed by atoms with Gasteiger partial charge in [-0.3, -0.25) is 9.78 Å². The topological polar surface area (TPSA) is 62.2 Å². The van der Waals surface area contributed by atoms with Crippen molar-refractivity contribution in [3.63, 3.8) is 0 Å². The molecule has 1 heterocycles. The van der Waals surface area contributed by atoms with E-state index in [-0.39, 0.29) is 17.9 Å². The van der Waals surface area contributed by atoms with Gasteiger partial charge >= 0.3 is 0 Å². The maximum Gasteiger partial charge on any atom is 0.247 e. The zero-order valence-corrected chi connectivity index (χ0v) is 18.0. The average Bonchev–Trinajstić information content (AvgIpc) is 2.72. The number of pyridine rings is 1. The van der Waals surface area contributed by atoms with Crippen molar-refractivity contribution in [3.05, 3.63) is 66.0 Å². The quantitative estimate of drug-likeness (QED) is 0.445. The summed E-state index contributed by atoms with van der Waals surface area (Å²) >= 11 is 0. The maximum absolute atomic E-state index is 12.3. The summed E-state index contributed by atoms with van der Waals surface area (Å²) in [5.41, 5.74) is 1.67. The van der Waals surface area contributed by atoms with Crippen LogP contribution in [0.5, 0.6) is 0 Å². The predicted molar refractivity (Wildman–Crippen MR) is 117 cm³/mol. The minimum Gasteiger partial charge on any atom is -0.393 e. The molecule has 1 aromatic rings. The number of allylic oxidation sites excluding steroid dienone is 5. The second-order valence-corrected chi connectivity index (χ2v) is 8.90. The van der Waals surface area contributed by atoms with Crippen LogP contribution < -0.4 is 5.32 Å². The van der Waals surface area contributed by atoms with E-state index in [1.807, 2.05) is 31.2 Å². The van der Waals surface area contributed by atoms with Gasteiger partial charge in [-0.25, -0.2) is 0 Å². The summed E-state index contributed by atoms with van der Waals surface area (Å²) in [5, 5.41) is 13.5. The average molecular weight is 395 g/mol. The molecule has 0 radical (unpaired) electrons. The van der Waals surface area contributed by atoms with Crippen molar-refractivity contribution in [2.75, 3.05) is 0 Å². The summed E-state index contributed by atoms with van der Waals surface area (Å²) in [4.78, 5) is 16.4. The first-order valence-electron chi connectivity index (χ1n) is 10.8. The van der Waals surface area contributed by atoms with Gasteiger partial charge in [-0.15, -0.1) is 0 Å². The lowest BCUT2D eigenvalue weighted by molar-refractivity contribution is -0.117. The number of carbonyl (C=O) groups is 1. The summed E-state index contributed by atoms with van der Waals surface area (Å²) in [6, 6.07) is 3.81. The molecular formula is C25H34N2O2. The van der Waals surface area contributed by atoms with Crippen LogP contribution in [0, 0.1) is 35.5 Å². The molecule has 4 nitrogen and oxygen atoms in total. The summed E-state index contributed by atoms with van der Waals surface area (Å²) in [7, 11) is 0. The van der Waals surface area contributed by atoms with Gasteiger partial charge in [0.1, 0.15) is 0 Å². The van der Waals surface area contributed by atoms with Crippen molar-refractivity contribution in [1.29, 1.82) is 0 Å². The minimum absolute atomic E-state index is 0.0664. The van der Waals surface area contributed by atoms with Crippen LogP contribution in [0.1, 0.15) is 39.7 Å². The third-order valence-electron chi connectivity index (χ3n) is 6.79. The highest BCUT2D eigenvalue weighted by Gasteiger charge is 2.44. The standard InChI is InChI=1S/C25H34N2O2/c1-16-10-11-21-13-18(3)24(28)19(4)23(21)22(16)9-5-7-17(2)25(29)27-15-20-8-6-12-26-14-20/h5-12,14,16,18-19,21-24,28H,13,15H2,1-4H3,(H,27,29)/b9-5+,17-7+/t16-,18+,19-,21-,22-,23?,24-/m1/s1. The lowest BCUT2D eigenvalue weighted by Crippen LogP contribution is -2.46. The number of hydrogen-bond acceptors (Lipinski definition) is 3. The Labute approximate surface area is 174 Å². The van der Waals surface area contributed by atoms with Crippen molar-refractivity contribution in [3.8, 4) is 0 Å². The molecule has 1 aromatic heterocycles. The van der Waals surface area contributed by atoms with Crippen molar-refractivity contribution in [2.45, 2.75) is 46.8 Å². The monoisotopic (exact) mass is 394 g/mol. The van der Waals surface area contributed by atoms with Crippen molar-refractivity contribution < 1.29 is 9.90 Å². The Morgan fingerprint density at radius 3 is 2.83 bits per heavy atom. The Hall–Kier alpha value is -2.20. The lowest BCUT2D eigenvalue weighted by Gasteiger charge is -2.48. The van der Waals surface area contributed by atoms with Gasteiger partial charge in [-0.05, 0) is 60.5 Å². The smallest absolute Gasteiger partial charge is 0.247 e. The maximum atomic E-state index is 12.3. The largest absolute Gasteiger partial charge is 0.393 e. The highest BCUT2D eigenvalue weighted by molar-refractivity contribution is 5.93. The minimum atomic E-state index is -0.235. The zero-order valence-electron chi connectivity index (χ0n) is 18.0. The molecule has 0 aliphatic heterocycles. The molecule has 1 amide bonds. The highest BCUT2D eigenvalue weighted by Crippen LogP contribution is 2.48. The molecular weight excluding hydrogens is 360 g/mol. The van der Waals surface area contributed by atoms with Gasteiger partial charge in [0, 0.05) is 24.5 Å². The molecule has 1 fully saturated rings. The number of nitrogens with one attached hydrogen (secondary N) is 1. The number of carbonyl (C=O) groups excluding carboxylic acids is 1. The molecule has 29 heavy (non-hydrogen) atoms. The summed E-state index contributed by atoms with van der Waals surface area (Å²) < 4.78 is 0. The van der Waals surface area contributed by atoms with E-state index in [4.69, 9.17) is 0 Å². The van der Waals surface area contributed by atoms with E-state index in [9.17, 15) is 9.90 Å². The highest BCUT2D eigenvalue weighted by atomic mass is 16.3. The van der Waals surface area contributed by atoms with Gasteiger partial charge < -0.3 is 10.4 Å². The Balaban J connectivity index is 1.64. The molecule has 156 valence electrons. The molecule has 0 spiro atoms. The molecule has 2 aliphatic carbocycles. The number of amides is 1. The van der Waals surface area contributed by atoms with Crippen LogP contribution in [0.15, 0.2) is 60.5 Å². The molecule has 1 unspecified atom stereocenters. The van der Waals surface area contributed by atoms with E-state index in [2.05, 4.69) is 49.3 Å². The van der Waals surface area contributed by atoms with Gasteiger partial charge in [0.25, 0.3) is 0 Å². The van der Waals surface area contributed by atoms with Gasteiger partial charge in [0.15, 0.2) is 0 Å². The van der Waals surface area contributed by atoms with E-state index < -0.39 is 0 Å². The van der Waals surface area contributed by atoms with Crippen LogP contribution in [-0.4, -0.2) is 22.1 Å². The van der Waals surface area contributed by atoms with Crippen LogP contribution in [0.25, 0.3) is 0 Å². The SMILES string of the molecule is C/C(=C\C=C\[C@H]1C2[C@H](C=C[C@H]1C)C[C@H](C)[C@@H](O)[C@@H]2C)C(=O)NCc1cccnc1. The van der Waals surface area contributed by atoms with Gasteiger partial charge in [0.2, 0.25) is 5.91 Å². The molecule has 2 aliphatic rings. The molecule has 2 N–H and O–H groups in total. The molecule has 0 saturated heterocycles. The second-order valence-electron chi connectivity index (χ2n) is 8.90. The van der Waals surface area contributed by atoms with E-state index in [1.54, 1.807) is 12.4 Å². The summed E-state index contributed by atoms with van der Waals surface area (Å²) in [6.45, 7) is 8.91. The van der Waals surface area contributed by atoms with Gasteiger partial charge in [-0.2, -0.15) is 0 Å². The van der Waals surface area contributed by atoms with Crippen molar-refractivity contribution >= 4 is 5.91 Å². The number of rotatable bonds is 5. The number of hydrogen-bond donors (Lipinski definition) is 2. The van der Waals surface area contributed by atoms with Crippen LogP contribution in [-0.2, 0) is 11.3 Å². The third kappa shape index (κ3) is 5.05. The first-order valence-corrected chi connectivity index (χ1v) is 10.8. The van der Waals surface area contributed by atoms with E-state index >= 15 is 0 Å². The van der Waals surface area contributed by atoms with Crippen molar-refractivity contribution in [1.82, 2.24) is 10.3 Å². The first-order chi connectivity index (χ1) is 13.9. The van der Waals surface area contributed by atoms with Crippen LogP contribution in [0.2, 0.25) is 0 Å². The Morgan fingerprint density at radius 1 is 1.31 bits per heavy atom. The zero-order chi connectivity index (χ0) is 21.0. The van der Waals surface area contributed by atoms with Crippen LogP contribution in [0.3, 0.4) is 0 Å². The first kappa shape index (κ1) is 21.5. The normalized spacial score (nSPS) is 34.8. The summed E-state index contributed by atoms with van der Waals surface area (Å²) in [5.74, 6) is 2.35. The molecule has 4 heteroatoms. The van der Waals surface area contributed by atoms with E-state index in [1.165, 1.54) is 0 Å². The Morgan fingerprint density at radius 2 is 2.10 bits per heavy atom. The number of aliphatic hydroxyl groups is 1. The molecule has 0 bridgehead atoms. The summed E-state index contributed by atoms with van der Waals surface area (Å²) in [6.07, 6.45) is 15.1.